The zero-order chi connectivity index (χ0) is 8.65. The second-order valence-corrected chi connectivity index (χ2v) is 3.60. The molecule has 0 bridgehead atoms. The zero-order valence-electron chi connectivity index (χ0n) is 7.71. The summed E-state index contributed by atoms with van der Waals surface area (Å²) in [5.41, 5.74) is 0. The number of nitrogens with zero attached hydrogens (tertiary/aromatic N) is 1. The van der Waals surface area contributed by atoms with Crippen LogP contribution in [0, 0.1) is 0 Å². The molecule has 0 radical (unpaired) electrons. The molecule has 0 aliphatic carbocycles. The maximum atomic E-state index is 5.27. The fourth-order valence-corrected chi connectivity index (χ4v) is 1.65. The van der Waals surface area contributed by atoms with E-state index in [-0.39, 0.29) is 0 Å². The third kappa shape index (κ3) is 4.30. The van der Waals surface area contributed by atoms with Gasteiger partial charge >= 0.3 is 0 Å². The van der Waals surface area contributed by atoms with Gasteiger partial charge < -0.3 is 4.74 Å². The van der Waals surface area contributed by atoms with Crippen LogP contribution in [0.4, 0.5) is 0 Å². The molecule has 0 spiro atoms. The van der Waals surface area contributed by atoms with Crippen LogP contribution in [0.1, 0.15) is 6.42 Å². The minimum Gasteiger partial charge on any atom is -0.379 e. The normalized spacial score (nSPS) is 19.8. The molecule has 0 amide bonds. The summed E-state index contributed by atoms with van der Waals surface area (Å²) < 4.78 is 8.51. The molecule has 0 aromatic heterocycles. The van der Waals surface area contributed by atoms with Gasteiger partial charge in [-0.15, -0.1) is 0 Å². The SMILES string of the molecule is CSNCCCN1CCOCC1. The third-order valence-corrected chi connectivity index (χ3v) is 2.49. The van der Waals surface area contributed by atoms with Crippen LogP contribution in [0.2, 0.25) is 0 Å². The van der Waals surface area contributed by atoms with E-state index in [4.69, 9.17) is 4.74 Å². The number of ether oxygens (including phenoxy) is 1. The maximum absolute atomic E-state index is 5.27. The van der Waals surface area contributed by atoms with Gasteiger partial charge in [-0.25, -0.2) is 0 Å². The molecule has 0 aromatic carbocycles. The Kier molecular flexibility index (Phi) is 5.77. The van der Waals surface area contributed by atoms with E-state index in [1.165, 1.54) is 13.0 Å². The van der Waals surface area contributed by atoms with Crippen molar-refractivity contribution in [1.82, 2.24) is 9.62 Å². The van der Waals surface area contributed by atoms with Crippen molar-refractivity contribution in [2.75, 3.05) is 45.6 Å². The first-order valence-electron chi connectivity index (χ1n) is 4.49. The Morgan fingerprint density at radius 1 is 1.42 bits per heavy atom. The van der Waals surface area contributed by atoms with E-state index in [0.717, 1.165) is 32.8 Å². The second kappa shape index (κ2) is 6.71. The smallest absolute Gasteiger partial charge is 0.0594 e. The Morgan fingerprint density at radius 3 is 2.83 bits per heavy atom. The van der Waals surface area contributed by atoms with E-state index < -0.39 is 0 Å². The van der Waals surface area contributed by atoms with Crippen molar-refractivity contribution < 1.29 is 4.74 Å². The molecule has 1 rings (SSSR count). The van der Waals surface area contributed by atoms with E-state index >= 15 is 0 Å². The van der Waals surface area contributed by atoms with Crippen molar-refractivity contribution in [3.05, 3.63) is 0 Å². The van der Waals surface area contributed by atoms with E-state index in [9.17, 15) is 0 Å². The van der Waals surface area contributed by atoms with Gasteiger partial charge in [0.25, 0.3) is 0 Å². The number of rotatable bonds is 5. The van der Waals surface area contributed by atoms with Crippen LogP contribution in [-0.4, -0.2) is 50.5 Å². The molecule has 1 aliphatic rings. The minimum absolute atomic E-state index is 0.913. The van der Waals surface area contributed by atoms with Crippen molar-refractivity contribution >= 4 is 11.9 Å². The van der Waals surface area contributed by atoms with Crippen LogP contribution >= 0.6 is 11.9 Å². The van der Waals surface area contributed by atoms with Gasteiger partial charge in [0.1, 0.15) is 0 Å². The molecule has 12 heavy (non-hydrogen) atoms. The number of hydrogen-bond acceptors (Lipinski definition) is 4. The monoisotopic (exact) mass is 190 g/mol. The average Bonchev–Trinajstić information content (AvgIpc) is 2.14. The second-order valence-electron chi connectivity index (χ2n) is 2.91. The first kappa shape index (κ1) is 10.3. The third-order valence-electron chi connectivity index (χ3n) is 2.00. The lowest BCUT2D eigenvalue weighted by molar-refractivity contribution is 0.0376. The topological polar surface area (TPSA) is 24.5 Å². The summed E-state index contributed by atoms with van der Waals surface area (Å²) >= 11 is 1.70. The molecule has 1 heterocycles. The summed E-state index contributed by atoms with van der Waals surface area (Å²) in [4.78, 5) is 2.46. The van der Waals surface area contributed by atoms with E-state index in [1.807, 2.05) is 0 Å². The summed E-state index contributed by atoms with van der Waals surface area (Å²) in [5, 5.41) is 0. The van der Waals surface area contributed by atoms with Gasteiger partial charge in [-0.05, 0) is 19.2 Å². The Bertz CT molecular complexity index is 107. The quantitative estimate of drug-likeness (QED) is 0.506. The summed E-state index contributed by atoms with van der Waals surface area (Å²) in [5.74, 6) is 0. The molecule has 3 nitrogen and oxygen atoms in total. The van der Waals surface area contributed by atoms with Crippen LogP contribution in [0.5, 0.6) is 0 Å². The molecule has 0 aromatic rings. The predicted octanol–water partition coefficient (Wildman–Crippen LogP) is 0.576. The molecular formula is C8H18N2OS. The largest absolute Gasteiger partial charge is 0.379 e. The van der Waals surface area contributed by atoms with E-state index in [0.29, 0.717) is 0 Å². The van der Waals surface area contributed by atoms with Gasteiger partial charge in [0.2, 0.25) is 0 Å². The van der Waals surface area contributed by atoms with Gasteiger partial charge in [-0.2, -0.15) is 0 Å². The van der Waals surface area contributed by atoms with Crippen LogP contribution in [-0.2, 0) is 4.74 Å². The van der Waals surface area contributed by atoms with Crippen molar-refractivity contribution in [3.8, 4) is 0 Å². The maximum Gasteiger partial charge on any atom is 0.0594 e. The molecule has 72 valence electrons. The highest BCUT2D eigenvalue weighted by Crippen LogP contribution is 1.97. The lowest BCUT2D eigenvalue weighted by Crippen LogP contribution is -2.37. The lowest BCUT2D eigenvalue weighted by Gasteiger charge is -2.26. The highest BCUT2D eigenvalue weighted by molar-refractivity contribution is 7.96. The number of nitrogens with one attached hydrogen (secondary N) is 1. The first-order chi connectivity index (χ1) is 5.93. The summed E-state index contributed by atoms with van der Waals surface area (Å²) in [6.07, 6.45) is 3.30. The predicted molar refractivity (Wildman–Crippen MR) is 53.4 cm³/mol. The Morgan fingerprint density at radius 2 is 2.17 bits per heavy atom. The Labute approximate surface area is 79.0 Å². The van der Waals surface area contributed by atoms with Crippen LogP contribution in [0.3, 0.4) is 0 Å². The molecule has 1 N–H and O–H groups in total. The van der Waals surface area contributed by atoms with Crippen molar-refractivity contribution in [3.63, 3.8) is 0 Å². The van der Waals surface area contributed by atoms with Gasteiger partial charge in [-0.3, -0.25) is 9.62 Å². The fourth-order valence-electron chi connectivity index (χ4n) is 1.30. The minimum atomic E-state index is 0.913. The lowest BCUT2D eigenvalue weighted by atomic mass is 10.3. The highest BCUT2D eigenvalue weighted by Gasteiger charge is 2.08. The summed E-state index contributed by atoms with van der Waals surface area (Å²) in [6, 6.07) is 0. The van der Waals surface area contributed by atoms with Gasteiger partial charge in [-0.1, -0.05) is 11.9 Å². The zero-order valence-corrected chi connectivity index (χ0v) is 8.53. The number of hydrogen-bond donors (Lipinski definition) is 1. The summed E-state index contributed by atoms with van der Waals surface area (Å²) in [7, 11) is 0. The number of morpholine rings is 1. The van der Waals surface area contributed by atoms with E-state index in [1.54, 1.807) is 11.9 Å². The van der Waals surface area contributed by atoms with Crippen LogP contribution in [0.25, 0.3) is 0 Å². The molecule has 0 atom stereocenters. The molecule has 1 saturated heterocycles. The Balaban J connectivity index is 1.91. The van der Waals surface area contributed by atoms with Crippen molar-refractivity contribution in [1.29, 1.82) is 0 Å². The Hall–Kier alpha value is 0.230. The van der Waals surface area contributed by atoms with Gasteiger partial charge in [0.15, 0.2) is 0 Å². The van der Waals surface area contributed by atoms with E-state index in [2.05, 4.69) is 15.9 Å². The van der Waals surface area contributed by atoms with Gasteiger partial charge in [0, 0.05) is 19.6 Å². The highest BCUT2D eigenvalue weighted by atomic mass is 32.2. The molecule has 0 saturated carbocycles. The molecule has 0 unspecified atom stereocenters. The van der Waals surface area contributed by atoms with Crippen molar-refractivity contribution in [2.24, 2.45) is 0 Å². The molecule has 1 aliphatic heterocycles. The molecular weight excluding hydrogens is 172 g/mol. The fraction of sp³-hybridized carbons (Fsp3) is 1.00. The summed E-state index contributed by atoms with van der Waals surface area (Å²) in [6.45, 7) is 6.36. The standard InChI is InChI=1S/C8H18N2OS/c1-12-9-3-2-4-10-5-7-11-8-6-10/h9H,2-8H2,1H3. The van der Waals surface area contributed by atoms with Crippen LogP contribution < -0.4 is 4.72 Å². The molecule has 4 heteroatoms. The molecule has 1 fully saturated rings. The van der Waals surface area contributed by atoms with Gasteiger partial charge in [0.05, 0.1) is 13.2 Å². The first-order valence-corrected chi connectivity index (χ1v) is 5.72. The van der Waals surface area contributed by atoms with Crippen LogP contribution in [0.15, 0.2) is 0 Å². The average molecular weight is 190 g/mol. The van der Waals surface area contributed by atoms with Crippen molar-refractivity contribution in [2.45, 2.75) is 6.42 Å².